The van der Waals surface area contributed by atoms with Gasteiger partial charge in [0.15, 0.2) is 0 Å². The van der Waals surface area contributed by atoms with Crippen LogP contribution in [0.1, 0.15) is 11.7 Å². The van der Waals surface area contributed by atoms with E-state index in [0.29, 0.717) is 5.56 Å². The van der Waals surface area contributed by atoms with E-state index >= 15 is 0 Å². The topological polar surface area (TPSA) is 114 Å². The standard InChI is InChI=1S/C17H17N3O5S/c1-19-9-8-12-10-13(2-7-16(12)19)17(21)11-18-26(24,25)15-5-3-14(4-6-15)20(22)23/h2-10,17-18,21H,11H2,1H3. The molecule has 0 aliphatic carbocycles. The zero-order chi connectivity index (χ0) is 18.9. The predicted octanol–water partition coefficient (Wildman–Crippen LogP) is 2.10. The second-order valence-electron chi connectivity index (χ2n) is 5.86. The second kappa shape index (κ2) is 6.87. The molecule has 0 radical (unpaired) electrons. The van der Waals surface area contributed by atoms with Crippen molar-refractivity contribution in [3.05, 3.63) is 70.4 Å². The van der Waals surface area contributed by atoms with Gasteiger partial charge in [-0.05, 0) is 41.3 Å². The minimum Gasteiger partial charge on any atom is -0.387 e. The van der Waals surface area contributed by atoms with E-state index in [-0.39, 0.29) is 17.1 Å². The lowest BCUT2D eigenvalue weighted by molar-refractivity contribution is -0.384. The van der Waals surface area contributed by atoms with Gasteiger partial charge in [0, 0.05) is 37.4 Å². The van der Waals surface area contributed by atoms with Gasteiger partial charge in [-0.25, -0.2) is 13.1 Å². The van der Waals surface area contributed by atoms with Crippen molar-refractivity contribution in [2.75, 3.05) is 6.54 Å². The molecule has 1 heterocycles. The summed E-state index contributed by atoms with van der Waals surface area (Å²) in [7, 11) is -1.97. The summed E-state index contributed by atoms with van der Waals surface area (Å²) in [5.74, 6) is 0. The number of nitrogens with zero attached hydrogens (tertiary/aromatic N) is 2. The fourth-order valence-corrected chi connectivity index (χ4v) is 3.68. The molecule has 2 N–H and O–H groups in total. The molecule has 0 aliphatic rings. The Labute approximate surface area is 149 Å². The van der Waals surface area contributed by atoms with E-state index in [0.717, 1.165) is 35.2 Å². The number of hydrogen-bond donors (Lipinski definition) is 2. The lowest BCUT2D eigenvalue weighted by atomic mass is 10.1. The highest BCUT2D eigenvalue weighted by atomic mass is 32.2. The van der Waals surface area contributed by atoms with Gasteiger partial charge in [-0.15, -0.1) is 0 Å². The number of rotatable bonds is 6. The Morgan fingerprint density at radius 1 is 1.19 bits per heavy atom. The number of nitrogens with one attached hydrogen (secondary N) is 1. The minimum absolute atomic E-state index is 0.103. The molecule has 1 unspecified atom stereocenters. The minimum atomic E-state index is -3.88. The molecular formula is C17H17N3O5S. The van der Waals surface area contributed by atoms with Gasteiger partial charge in [0.2, 0.25) is 10.0 Å². The SMILES string of the molecule is Cn1ccc2cc(C(O)CNS(=O)(=O)c3ccc([N+](=O)[O-])cc3)ccc21. The van der Waals surface area contributed by atoms with Crippen molar-refractivity contribution in [1.82, 2.24) is 9.29 Å². The highest BCUT2D eigenvalue weighted by Gasteiger charge is 2.18. The molecule has 0 amide bonds. The van der Waals surface area contributed by atoms with Gasteiger partial charge < -0.3 is 9.67 Å². The van der Waals surface area contributed by atoms with Crippen LogP contribution in [0.5, 0.6) is 0 Å². The lowest BCUT2D eigenvalue weighted by Gasteiger charge is -2.13. The monoisotopic (exact) mass is 375 g/mol. The number of hydrogen-bond acceptors (Lipinski definition) is 5. The van der Waals surface area contributed by atoms with Gasteiger partial charge in [-0.1, -0.05) is 6.07 Å². The smallest absolute Gasteiger partial charge is 0.269 e. The van der Waals surface area contributed by atoms with E-state index in [1.807, 2.05) is 29.9 Å². The average Bonchev–Trinajstić information content (AvgIpc) is 3.00. The summed E-state index contributed by atoms with van der Waals surface area (Å²) in [5.41, 5.74) is 1.41. The molecule has 0 bridgehead atoms. The van der Waals surface area contributed by atoms with E-state index in [9.17, 15) is 23.6 Å². The van der Waals surface area contributed by atoms with Crippen LogP contribution in [0, 0.1) is 10.1 Å². The van der Waals surface area contributed by atoms with E-state index in [1.54, 1.807) is 12.1 Å². The molecule has 0 saturated carbocycles. The van der Waals surface area contributed by atoms with Crippen LogP contribution < -0.4 is 4.72 Å². The van der Waals surface area contributed by atoms with Crippen LogP contribution in [0.25, 0.3) is 10.9 Å². The number of aliphatic hydroxyl groups excluding tert-OH is 1. The van der Waals surface area contributed by atoms with Crippen molar-refractivity contribution in [1.29, 1.82) is 0 Å². The summed E-state index contributed by atoms with van der Waals surface area (Å²) in [5, 5.41) is 21.9. The highest BCUT2D eigenvalue weighted by Crippen LogP contribution is 2.21. The fourth-order valence-electron chi connectivity index (χ4n) is 2.64. The third-order valence-electron chi connectivity index (χ3n) is 4.12. The van der Waals surface area contributed by atoms with Gasteiger partial charge in [0.05, 0.1) is 15.9 Å². The quantitative estimate of drug-likeness (QED) is 0.506. The van der Waals surface area contributed by atoms with E-state index < -0.39 is 21.1 Å². The Morgan fingerprint density at radius 3 is 2.54 bits per heavy atom. The van der Waals surface area contributed by atoms with Crippen molar-refractivity contribution in [2.45, 2.75) is 11.0 Å². The number of benzene rings is 2. The van der Waals surface area contributed by atoms with E-state index in [1.165, 1.54) is 0 Å². The Bertz CT molecular complexity index is 1060. The first-order chi connectivity index (χ1) is 12.3. The van der Waals surface area contributed by atoms with Crippen molar-refractivity contribution in [2.24, 2.45) is 7.05 Å². The summed E-state index contributed by atoms with van der Waals surface area (Å²) in [6, 6.07) is 11.9. The summed E-state index contributed by atoms with van der Waals surface area (Å²) in [6.07, 6.45) is 0.880. The van der Waals surface area contributed by atoms with Gasteiger partial charge in [-0.2, -0.15) is 0 Å². The molecule has 26 heavy (non-hydrogen) atoms. The van der Waals surface area contributed by atoms with Crippen molar-refractivity contribution in [3.63, 3.8) is 0 Å². The highest BCUT2D eigenvalue weighted by molar-refractivity contribution is 7.89. The molecule has 0 aliphatic heterocycles. The molecular weight excluding hydrogens is 358 g/mol. The predicted molar refractivity (Wildman–Crippen MR) is 96.2 cm³/mol. The zero-order valence-corrected chi connectivity index (χ0v) is 14.7. The van der Waals surface area contributed by atoms with Gasteiger partial charge in [0.25, 0.3) is 5.69 Å². The third kappa shape index (κ3) is 3.59. The Morgan fingerprint density at radius 2 is 1.88 bits per heavy atom. The van der Waals surface area contributed by atoms with Crippen LogP contribution in [0.4, 0.5) is 5.69 Å². The third-order valence-corrected chi connectivity index (χ3v) is 5.56. The number of aliphatic hydroxyl groups is 1. The number of aryl methyl sites for hydroxylation is 1. The number of non-ortho nitro benzene ring substituents is 1. The average molecular weight is 375 g/mol. The lowest BCUT2D eigenvalue weighted by Crippen LogP contribution is -2.28. The Hall–Kier alpha value is -2.75. The van der Waals surface area contributed by atoms with Crippen LogP contribution in [0.3, 0.4) is 0 Å². The molecule has 8 nitrogen and oxygen atoms in total. The van der Waals surface area contributed by atoms with Gasteiger partial charge >= 0.3 is 0 Å². The number of aromatic nitrogens is 1. The van der Waals surface area contributed by atoms with Crippen LogP contribution in [-0.4, -0.2) is 29.6 Å². The summed E-state index contributed by atoms with van der Waals surface area (Å²) >= 11 is 0. The number of sulfonamides is 1. The molecule has 3 aromatic rings. The molecule has 1 atom stereocenters. The first-order valence-corrected chi connectivity index (χ1v) is 9.23. The van der Waals surface area contributed by atoms with E-state index in [2.05, 4.69) is 4.72 Å². The molecule has 3 rings (SSSR count). The van der Waals surface area contributed by atoms with Crippen molar-refractivity contribution < 1.29 is 18.4 Å². The summed E-state index contributed by atoms with van der Waals surface area (Å²) in [6.45, 7) is -0.211. The van der Waals surface area contributed by atoms with Gasteiger partial charge in [0.1, 0.15) is 0 Å². The maximum Gasteiger partial charge on any atom is 0.269 e. The Balaban J connectivity index is 1.72. The molecule has 2 aromatic carbocycles. The summed E-state index contributed by atoms with van der Waals surface area (Å²) in [4.78, 5) is 9.93. The maximum absolute atomic E-state index is 12.3. The summed E-state index contributed by atoms with van der Waals surface area (Å²) < 4.78 is 28.8. The second-order valence-corrected chi connectivity index (χ2v) is 7.63. The zero-order valence-electron chi connectivity index (χ0n) is 13.9. The molecule has 0 spiro atoms. The van der Waals surface area contributed by atoms with Gasteiger partial charge in [-0.3, -0.25) is 10.1 Å². The molecule has 0 saturated heterocycles. The number of nitro benzene ring substituents is 1. The molecule has 0 fully saturated rings. The molecule has 9 heteroatoms. The normalized spacial score (nSPS) is 13.0. The van der Waals surface area contributed by atoms with Crippen molar-refractivity contribution >= 4 is 26.6 Å². The van der Waals surface area contributed by atoms with E-state index in [4.69, 9.17) is 0 Å². The van der Waals surface area contributed by atoms with Crippen molar-refractivity contribution in [3.8, 4) is 0 Å². The number of fused-ring (bicyclic) bond motifs is 1. The first kappa shape index (κ1) is 18.1. The van der Waals surface area contributed by atoms with Crippen LogP contribution in [-0.2, 0) is 17.1 Å². The van der Waals surface area contributed by atoms with Crippen LogP contribution in [0.2, 0.25) is 0 Å². The maximum atomic E-state index is 12.3. The number of nitro groups is 1. The van der Waals surface area contributed by atoms with Crippen LogP contribution >= 0.6 is 0 Å². The fraction of sp³-hybridized carbons (Fsp3) is 0.176. The molecule has 136 valence electrons. The van der Waals surface area contributed by atoms with Crippen LogP contribution in [0.15, 0.2) is 59.6 Å². The first-order valence-electron chi connectivity index (χ1n) is 7.75. The molecule has 1 aromatic heterocycles. The largest absolute Gasteiger partial charge is 0.387 e. The Kier molecular flexibility index (Phi) is 4.77.